The molecule has 70 valence electrons. The van der Waals surface area contributed by atoms with Crippen LogP contribution in [0.4, 0.5) is 11.4 Å². The lowest BCUT2D eigenvalue weighted by Crippen LogP contribution is -2.19. The number of aliphatic imine (C=N–C) groups is 1. The number of nitrogen functional groups attached to an aromatic ring is 1. The Morgan fingerprint density at radius 1 is 1.29 bits per heavy atom. The number of anilines is 1. The molecule has 5 heteroatoms. The standard InChI is InChI=1S/C9H8N4O/c10-6-1-3-7(4-2-6)12-8-5-11-13-9(8)14/h1-5H,10H2,(H,12,13,14). The van der Waals surface area contributed by atoms with E-state index in [2.05, 4.69) is 15.5 Å². The zero-order valence-corrected chi connectivity index (χ0v) is 7.27. The summed E-state index contributed by atoms with van der Waals surface area (Å²) in [4.78, 5) is 15.1. The molecule has 0 saturated heterocycles. The summed E-state index contributed by atoms with van der Waals surface area (Å²) in [6.45, 7) is 0. The van der Waals surface area contributed by atoms with Crippen LogP contribution in [0.25, 0.3) is 0 Å². The number of hydrogen-bond donors (Lipinski definition) is 2. The number of rotatable bonds is 1. The molecule has 1 amide bonds. The molecule has 0 aromatic heterocycles. The number of carbonyl (C=O) groups excluding carboxylic acids is 1. The van der Waals surface area contributed by atoms with Crippen LogP contribution in [-0.4, -0.2) is 17.8 Å². The van der Waals surface area contributed by atoms with E-state index < -0.39 is 0 Å². The monoisotopic (exact) mass is 188 g/mol. The normalized spacial score (nSPS) is 17.4. The Morgan fingerprint density at radius 3 is 2.57 bits per heavy atom. The van der Waals surface area contributed by atoms with E-state index in [9.17, 15) is 4.79 Å². The van der Waals surface area contributed by atoms with E-state index in [1.54, 1.807) is 24.3 Å². The zero-order chi connectivity index (χ0) is 9.97. The molecule has 0 unspecified atom stereocenters. The highest BCUT2D eigenvalue weighted by Gasteiger charge is 2.13. The summed E-state index contributed by atoms with van der Waals surface area (Å²) in [6, 6.07) is 6.93. The second kappa shape index (κ2) is 3.29. The predicted octanol–water partition coefficient (Wildman–Crippen LogP) is 0.457. The van der Waals surface area contributed by atoms with E-state index in [0.29, 0.717) is 17.1 Å². The molecule has 14 heavy (non-hydrogen) atoms. The number of hydrazone groups is 1. The van der Waals surface area contributed by atoms with Gasteiger partial charge in [0.1, 0.15) is 0 Å². The summed E-state index contributed by atoms with van der Waals surface area (Å²) >= 11 is 0. The molecule has 0 fully saturated rings. The van der Waals surface area contributed by atoms with E-state index >= 15 is 0 Å². The fraction of sp³-hybridized carbons (Fsp3) is 0. The Bertz CT molecular complexity index is 419. The fourth-order valence-corrected chi connectivity index (χ4v) is 1.04. The first-order chi connectivity index (χ1) is 6.75. The molecule has 1 aromatic carbocycles. The van der Waals surface area contributed by atoms with Crippen LogP contribution >= 0.6 is 0 Å². The number of amides is 1. The Labute approximate surface area is 80.3 Å². The quantitative estimate of drug-likeness (QED) is 0.628. The van der Waals surface area contributed by atoms with Crippen molar-refractivity contribution in [1.29, 1.82) is 0 Å². The lowest BCUT2D eigenvalue weighted by Gasteiger charge is -1.95. The van der Waals surface area contributed by atoms with E-state index in [1.165, 1.54) is 6.21 Å². The highest BCUT2D eigenvalue weighted by atomic mass is 16.2. The molecule has 0 bridgehead atoms. The predicted molar refractivity (Wildman–Crippen MR) is 54.6 cm³/mol. The van der Waals surface area contributed by atoms with E-state index in [1.807, 2.05) is 0 Å². The van der Waals surface area contributed by atoms with Crippen molar-refractivity contribution in [3.05, 3.63) is 24.3 Å². The van der Waals surface area contributed by atoms with Gasteiger partial charge in [0, 0.05) is 5.69 Å². The molecule has 5 nitrogen and oxygen atoms in total. The number of nitrogens with zero attached hydrogens (tertiary/aromatic N) is 2. The van der Waals surface area contributed by atoms with Crippen LogP contribution in [0.5, 0.6) is 0 Å². The van der Waals surface area contributed by atoms with Crippen molar-refractivity contribution in [2.24, 2.45) is 10.1 Å². The molecule has 2 rings (SSSR count). The number of carbonyl (C=O) groups is 1. The molecule has 1 aromatic rings. The average Bonchev–Trinajstić information content (AvgIpc) is 2.56. The van der Waals surface area contributed by atoms with Crippen LogP contribution in [0.3, 0.4) is 0 Å². The Balaban J connectivity index is 2.29. The maximum absolute atomic E-state index is 11.1. The minimum absolute atomic E-state index is 0.290. The van der Waals surface area contributed by atoms with Gasteiger partial charge in [0.05, 0.1) is 11.9 Å². The van der Waals surface area contributed by atoms with Crippen molar-refractivity contribution < 1.29 is 4.79 Å². The smallest absolute Gasteiger partial charge is 0.291 e. The minimum atomic E-state index is -0.290. The van der Waals surface area contributed by atoms with Crippen LogP contribution in [0, 0.1) is 0 Å². The summed E-state index contributed by atoms with van der Waals surface area (Å²) in [5.41, 5.74) is 9.43. The summed E-state index contributed by atoms with van der Waals surface area (Å²) in [7, 11) is 0. The number of hydrogen-bond acceptors (Lipinski definition) is 4. The Morgan fingerprint density at radius 2 is 2.00 bits per heavy atom. The van der Waals surface area contributed by atoms with Crippen LogP contribution in [0.1, 0.15) is 0 Å². The molecule has 0 aliphatic carbocycles. The van der Waals surface area contributed by atoms with Crippen LogP contribution in [0.2, 0.25) is 0 Å². The van der Waals surface area contributed by atoms with E-state index in [-0.39, 0.29) is 5.91 Å². The lowest BCUT2D eigenvalue weighted by atomic mass is 10.3. The third kappa shape index (κ3) is 1.61. The molecule has 0 atom stereocenters. The second-order valence-electron chi connectivity index (χ2n) is 2.79. The maximum atomic E-state index is 11.1. The highest BCUT2D eigenvalue weighted by molar-refractivity contribution is 6.62. The SMILES string of the molecule is Nc1ccc(N=C2C=NNC2=O)cc1. The molecular formula is C9H8N4O. The van der Waals surface area contributed by atoms with Gasteiger partial charge in [0.25, 0.3) is 5.91 Å². The first-order valence-corrected chi connectivity index (χ1v) is 4.03. The van der Waals surface area contributed by atoms with Crippen molar-refractivity contribution in [1.82, 2.24) is 5.43 Å². The van der Waals surface area contributed by atoms with E-state index in [4.69, 9.17) is 5.73 Å². The molecule has 3 N–H and O–H groups in total. The van der Waals surface area contributed by atoms with Gasteiger partial charge in [0.15, 0.2) is 5.71 Å². The van der Waals surface area contributed by atoms with Crippen LogP contribution in [-0.2, 0) is 4.79 Å². The molecule has 0 spiro atoms. The summed E-state index contributed by atoms with van der Waals surface area (Å²) < 4.78 is 0. The molecular weight excluding hydrogens is 180 g/mol. The third-order valence-corrected chi connectivity index (χ3v) is 1.73. The van der Waals surface area contributed by atoms with Gasteiger partial charge in [-0.1, -0.05) is 0 Å². The Hall–Kier alpha value is -2.17. The molecule has 1 aliphatic heterocycles. The first-order valence-electron chi connectivity index (χ1n) is 4.03. The summed E-state index contributed by atoms with van der Waals surface area (Å²) in [6.07, 6.45) is 1.39. The van der Waals surface area contributed by atoms with Crippen molar-refractivity contribution in [2.45, 2.75) is 0 Å². The van der Waals surface area contributed by atoms with Crippen molar-refractivity contribution in [2.75, 3.05) is 5.73 Å². The largest absolute Gasteiger partial charge is 0.399 e. The molecule has 1 aliphatic rings. The minimum Gasteiger partial charge on any atom is -0.399 e. The zero-order valence-electron chi connectivity index (χ0n) is 7.27. The average molecular weight is 188 g/mol. The van der Waals surface area contributed by atoms with Gasteiger partial charge in [-0.2, -0.15) is 5.10 Å². The van der Waals surface area contributed by atoms with Gasteiger partial charge in [-0.05, 0) is 24.3 Å². The fourth-order valence-electron chi connectivity index (χ4n) is 1.04. The van der Waals surface area contributed by atoms with Gasteiger partial charge >= 0.3 is 0 Å². The molecule has 0 saturated carbocycles. The van der Waals surface area contributed by atoms with Gasteiger partial charge in [-0.25, -0.2) is 10.4 Å². The molecule has 0 radical (unpaired) electrons. The third-order valence-electron chi connectivity index (χ3n) is 1.73. The van der Waals surface area contributed by atoms with Gasteiger partial charge in [-0.3, -0.25) is 4.79 Å². The lowest BCUT2D eigenvalue weighted by molar-refractivity contribution is -0.114. The first kappa shape index (κ1) is 8.43. The number of nitrogens with one attached hydrogen (secondary N) is 1. The van der Waals surface area contributed by atoms with Crippen molar-refractivity contribution in [3.8, 4) is 0 Å². The number of nitrogens with two attached hydrogens (primary N) is 1. The van der Waals surface area contributed by atoms with Crippen molar-refractivity contribution >= 4 is 29.2 Å². The van der Waals surface area contributed by atoms with E-state index in [0.717, 1.165) is 0 Å². The number of benzene rings is 1. The summed E-state index contributed by atoms with van der Waals surface area (Å²) in [5.74, 6) is -0.290. The Kier molecular flexibility index (Phi) is 1.98. The maximum Gasteiger partial charge on any atom is 0.291 e. The van der Waals surface area contributed by atoms with Gasteiger partial charge in [-0.15, -0.1) is 0 Å². The van der Waals surface area contributed by atoms with Crippen LogP contribution in [0.15, 0.2) is 34.4 Å². The second-order valence-corrected chi connectivity index (χ2v) is 2.79. The molecule has 1 heterocycles. The van der Waals surface area contributed by atoms with Gasteiger partial charge in [0.2, 0.25) is 0 Å². The van der Waals surface area contributed by atoms with Crippen LogP contribution < -0.4 is 11.2 Å². The summed E-state index contributed by atoms with van der Waals surface area (Å²) in [5, 5.41) is 3.58. The van der Waals surface area contributed by atoms with Gasteiger partial charge < -0.3 is 5.73 Å². The highest BCUT2D eigenvalue weighted by Crippen LogP contribution is 2.14. The topological polar surface area (TPSA) is 79.8 Å². The van der Waals surface area contributed by atoms with Crippen molar-refractivity contribution in [3.63, 3.8) is 0 Å².